The van der Waals surface area contributed by atoms with Gasteiger partial charge in [-0.3, -0.25) is 4.79 Å². The average molecular weight is 288 g/mol. The van der Waals surface area contributed by atoms with Crippen molar-refractivity contribution in [2.75, 3.05) is 0 Å². The van der Waals surface area contributed by atoms with Crippen molar-refractivity contribution >= 4 is 5.97 Å². The van der Waals surface area contributed by atoms with Crippen LogP contribution in [0.5, 0.6) is 0 Å². The normalized spacial score (nSPS) is 25.8. The van der Waals surface area contributed by atoms with Crippen molar-refractivity contribution in [1.82, 2.24) is 0 Å². The lowest BCUT2D eigenvalue weighted by molar-refractivity contribution is -0.145. The van der Waals surface area contributed by atoms with E-state index in [-0.39, 0.29) is 5.92 Å². The van der Waals surface area contributed by atoms with E-state index in [9.17, 15) is 9.90 Å². The summed E-state index contributed by atoms with van der Waals surface area (Å²) in [5, 5.41) is 9.50. The summed E-state index contributed by atoms with van der Waals surface area (Å²) in [5.41, 5.74) is 3.91. The van der Waals surface area contributed by atoms with Gasteiger partial charge in [0.25, 0.3) is 0 Å². The molecule has 3 atom stereocenters. The van der Waals surface area contributed by atoms with Gasteiger partial charge in [0.2, 0.25) is 0 Å². The first-order valence-electron chi connectivity index (χ1n) is 8.30. The van der Waals surface area contributed by atoms with Crippen molar-refractivity contribution in [1.29, 1.82) is 0 Å². The Morgan fingerprint density at radius 3 is 2.62 bits per heavy atom. The van der Waals surface area contributed by atoms with Crippen LogP contribution in [0.4, 0.5) is 0 Å². The van der Waals surface area contributed by atoms with Gasteiger partial charge < -0.3 is 5.11 Å². The van der Waals surface area contributed by atoms with E-state index >= 15 is 0 Å². The first kappa shape index (κ1) is 16.1. The molecule has 1 fully saturated rings. The van der Waals surface area contributed by atoms with Crippen LogP contribution in [0.25, 0.3) is 0 Å². The molecule has 1 aliphatic rings. The van der Waals surface area contributed by atoms with Crippen molar-refractivity contribution < 1.29 is 9.90 Å². The molecule has 2 heteroatoms. The van der Waals surface area contributed by atoms with Gasteiger partial charge in [0.1, 0.15) is 0 Å². The SMILES string of the molecule is CCCC1CCC(C(=O)O)C(Cc2ccc(C)c(C)c2)C1. The smallest absolute Gasteiger partial charge is 0.306 e. The number of carboxylic acids is 1. The van der Waals surface area contributed by atoms with Gasteiger partial charge in [0, 0.05) is 0 Å². The minimum atomic E-state index is -0.598. The van der Waals surface area contributed by atoms with Crippen LogP contribution in [0.3, 0.4) is 0 Å². The van der Waals surface area contributed by atoms with Gasteiger partial charge in [-0.05, 0) is 68.1 Å². The van der Waals surface area contributed by atoms with Crippen molar-refractivity contribution in [2.24, 2.45) is 17.8 Å². The third-order valence-electron chi connectivity index (χ3n) is 5.17. The van der Waals surface area contributed by atoms with Gasteiger partial charge in [-0.15, -0.1) is 0 Å². The fraction of sp³-hybridized carbons (Fsp3) is 0.632. The molecule has 3 unspecified atom stereocenters. The van der Waals surface area contributed by atoms with Crippen LogP contribution in [0.15, 0.2) is 18.2 Å². The zero-order valence-electron chi connectivity index (χ0n) is 13.6. The molecule has 2 nitrogen and oxygen atoms in total. The van der Waals surface area contributed by atoms with E-state index in [1.54, 1.807) is 0 Å². The topological polar surface area (TPSA) is 37.3 Å². The number of hydrogen-bond donors (Lipinski definition) is 1. The Bertz CT molecular complexity index is 492. The molecule has 1 aliphatic carbocycles. The van der Waals surface area contributed by atoms with Crippen LogP contribution in [0.2, 0.25) is 0 Å². The third kappa shape index (κ3) is 4.09. The minimum absolute atomic E-state index is 0.153. The molecular formula is C19H28O2. The molecule has 2 rings (SSSR count). The highest BCUT2D eigenvalue weighted by Crippen LogP contribution is 2.38. The first-order valence-corrected chi connectivity index (χ1v) is 8.30. The van der Waals surface area contributed by atoms with E-state index in [1.165, 1.54) is 29.5 Å². The zero-order valence-corrected chi connectivity index (χ0v) is 13.6. The van der Waals surface area contributed by atoms with Gasteiger partial charge in [0.15, 0.2) is 0 Å². The number of hydrogen-bond acceptors (Lipinski definition) is 1. The predicted octanol–water partition coefficient (Wildman–Crippen LogP) is 4.76. The lowest BCUT2D eigenvalue weighted by atomic mass is 9.70. The largest absolute Gasteiger partial charge is 0.481 e. The summed E-state index contributed by atoms with van der Waals surface area (Å²) in [4.78, 5) is 11.5. The summed E-state index contributed by atoms with van der Waals surface area (Å²) in [5.74, 6) is 0.274. The number of carbonyl (C=O) groups is 1. The second-order valence-corrected chi connectivity index (χ2v) is 6.80. The molecule has 0 bridgehead atoms. The Morgan fingerprint density at radius 1 is 1.24 bits per heavy atom. The molecule has 0 amide bonds. The summed E-state index contributed by atoms with van der Waals surface area (Å²) in [6, 6.07) is 6.56. The predicted molar refractivity (Wildman–Crippen MR) is 86.5 cm³/mol. The van der Waals surface area contributed by atoms with E-state index < -0.39 is 5.97 Å². The lowest BCUT2D eigenvalue weighted by Gasteiger charge is -2.34. The summed E-state index contributed by atoms with van der Waals surface area (Å²) >= 11 is 0. The fourth-order valence-electron chi connectivity index (χ4n) is 3.82. The Hall–Kier alpha value is -1.31. The monoisotopic (exact) mass is 288 g/mol. The highest BCUT2D eigenvalue weighted by Gasteiger charge is 2.34. The third-order valence-corrected chi connectivity index (χ3v) is 5.17. The molecule has 1 aromatic rings. The van der Waals surface area contributed by atoms with Crippen LogP contribution < -0.4 is 0 Å². The number of rotatable bonds is 5. The molecule has 1 N–H and O–H groups in total. The summed E-state index contributed by atoms with van der Waals surface area (Å²) < 4.78 is 0. The molecule has 0 saturated heterocycles. The number of carboxylic acid groups (broad SMARTS) is 1. The summed E-state index contributed by atoms with van der Waals surface area (Å²) in [7, 11) is 0. The Labute approximate surface area is 128 Å². The van der Waals surface area contributed by atoms with Gasteiger partial charge in [-0.2, -0.15) is 0 Å². The standard InChI is InChI=1S/C19H28O2/c1-4-5-15-8-9-18(19(20)21)17(11-15)12-16-7-6-13(2)14(3)10-16/h6-7,10,15,17-18H,4-5,8-9,11-12H2,1-3H3,(H,20,21). The second kappa shape index (κ2) is 7.11. The summed E-state index contributed by atoms with van der Waals surface area (Å²) in [6.07, 6.45) is 6.40. The molecule has 1 aromatic carbocycles. The molecule has 0 aliphatic heterocycles. The Balaban J connectivity index is 2.11. The molecular weight excluding hydrogens is 260 g/mol. The molecule has 0 spiro atoms. The average Bonchev–Trinajstić information content (AvgIpc) is 2.43. The maximum atomic E-state index is 11.5. The van der Waals surface area contributed by atoms with Crippen molar-refractivity contribution in [3.8, 4) is 0 Å². The van der Waals surface area contributed by atoms with E-state index in [1.807, 2.05) is 0 Å². The van der Waals surface area contributed by atoms with Crippen molar-refractivity contribution in [3.63, 3.8) is 0 Å². The molecule has 0 heterocycles. The van der Waals surface area contributed by atoms with E-state index in [0.29, 0.717) is 5.92 Å². The Morgan fingerprint density at radius 2 is 2.00 bits per heavy atom. The van der Waals surface area contributed by atoms with E-state index in [2.05, 4.69) is 39.0 Å². The Kier molecular flexibility index (Phi) is 5.44. The maximum absolute atomic E-state index is 11.5. The zero-order chi connectivity index (χ0) is 15.4. The minimum Gasteiger partial charge on any atom is -0.481 e. The summed E-state index contributed by atoms with van der Waals surface area (Å²) in [6.45, 7) is 6.48. The number of aryl methyl sites for hydroxylation is 2. The van der Waals surface area contributed by atoms with Crippen LogP contribution in [0.1, 0.15) is 55.7 Å². The molecule has 0 radical (unpaired) electrons. The van der Waals surface area contributed by atoms with Gasteiger partial charge in [-0.25, -0.2) is 0 Å². The second-order valence-electron chi connectivity index (χ2n) is 6.80. The highest BCUT2D eigenvalue weighted by molar-refractivity contribution is 5.70. The lowest BCUT2D eigenvalue weighted by Crippen LogP contribution is -2.32. The van der Waals surface area contributed by atoms with Crippen molar-refractivity contribution in [2.45, 2.75) is 59.3 Å². The van der Waals surface area contributed by atoms with Gasteiger partial charge in [0.05, 0.1) is 5.92 Å². The quantitative estimate of drug-likeness (QED) is 0.848. The van der Waals surface area contributed by atoms with E-state index in [4.69, 9.17) is 0 Å². The van der Waals surface area contributed by atoms with Crippen LogP contribution >= 0.6 is 0 Å². The van der Waals surface area contributed by atoms with Crippen LogP contribution in [0, 0.1) is 31.6 Å². The molecule has 116 valence electrons. The van der Waals surface area contributed by atoms with Gasteiger partial charge in [-0.1, -0.05) is 38.0 Å². The highest BCUT2D eigenvalue weighted by atomic mass is 16.4. The van der Waals surface area contributed by atoms with Crippen LogP contribution in [-0.2, 0) is 11.2 Å². The van der Waals surface area contributed by atoms with E-state index in [0.717, 1.165) is 31.6 Å². The van der Waals surface area contributed by atoms with Crippen molar-refractivity contribution in [3.05, 3.63) is 34.9 Å². The van der Waals surface area contributed by atoms with Gasteiger partial charge >= 0.3 is 5.97 Å². The number of aliphatic carboxylic acids is 1. The number of benzene rings is 1. The van der Waals surface area contributed by atoms with Crippen LogP contribution in [-0.4, -0.2) is 11.1 Å². The maximum Gasteiger partial charge on any atom is 0.306 e. The fourth-order valence-corrected chi connectivity index (χ4v) is 3.82. The molecule has 1 saturated carbocycles. The molecule has 0 aromatic heterocycles. The molecule has 21 heavy (non-hydrogen) atoms. The first-order chi connectivity index (χ1) is 10.0.